The third-order valence-electron chi connectivity index (χ3n) is 6.73. The fourth-order valence-electron chi connectivity index (χ4n) is 5.10. The van der Waals surface area contributed by atoms with E-state index < -0.39 is 18.6 Å². The molecule has 0 spiro atoms. The van der Waals surface area contributed by atoms with Gasteiger partial charge in [-0.15, -0.1) is 0 Å². The molecule has 1 saturated heterocycles. The summed E-state index contributed by atoms with van der Waals surface area (Å²) >= 11 is 0. The first-order valence-corrected chi connectivity index (χ1v) is 11.9. The highest BCUT2D eigenvalue weighted by Gasteiger charge is 2.38. The maximum absolute atomic E-state index is 13.9. The lowest BCUT2D eigenvalue weighted by molar-refractivity contribution is -0.135. The summed E-state index contributed by atoms with van der Waals surface area (Å²) in [7, 11) is 1.55. The number of aromatic nitrogens is 4. The zero-order chi connectivity index (χ0) is 26.5. The molecule has 3 aromatic heterocycles. The fourth-order valence-corrected chi connectivity index (χ4v) is 5.10. The summed E-state index contributed by atoms with van der Waals surface area (Å²) < 4.78 is 70.9. The van der Waals surface area contributed by atoms with Crippen molar-refractivity contribution in [1.29, 1.82) is 0 Å². The third-order valence-corrected chi connectivity index (χ3v) is 6.73. The molecule has 1 aliphatic rings. The first-order chi connectivity index (χ1) is 17.6. The molecule has 4 aromatic rings. The summed E-state index contributed by atoms with van der Waals surface area (Å²) in [4.78, 5) is 10.9. The van der Waals surface area contributed by atoms with Crippen molar-refractivity contribution in [2.24, 2.45) is 0 Å². The quantitative estimate of drug-likeness (QED) is 0.283. The highest BCUT2D eigenvalue weighted by Crippen LogP contribution is 2.40. The molecule has 1 aromatic carbocycles. The number of hydrogen-bond donors (Lipinski definition) is 0. The van der Waals surface area contributed by atoms with Crippen LogP contribution in [0.1, 0.15) is 36.7 Å². The number of fused-ring (bicyclic) bond motifs is 3. The Hall–Kier alpha value is -3.25. The van der Waals surface area contributed by atoms with Gasteiger partial charge in [0.1, 0.15) is 22.9 Å². The second kappa shape index (κ2) is 9.56. The molecule has 0 radical (unpaired) electrons. The molecule has 0 N–H and O–H groups in total. The lowest BCUT2D eigenvalue weighted by Gasteiger charge is -2.21. The Morgan fingerprint density at radius 3 is 2.59 bits per heavy atom. The molecule has 12 heteroatoms. The Balaban J connectivity index is 1.69. The summed E-state index contributed by atoms with van der Waals surface area (Å²) in [5.74, 6) is -1.12. The molecule has 8 nitrogen and oxygen atoms in total. The average molecular weight is 522 g/mol. The van der Waals surface area contributed by atoms with Crippen LogP contribution in [-0.2, 0) is 11.3 Å². The van der Waals surface area contributed by atoms with Crippen molar-refractivity contribution in [2.75, 3.05) is 26.8 Å². The number of nitrogens with zero attached hydrogens (tertiary/aromatic N) is 5. The number of imidazole rings is 1. The molecular weight excluding hydrogens is 494 g/mol. The molecule has 198 valence electrons. The van der Waals surface area contributed by atoms with Crippen LogP contribution in [0.15, 0.2) is 22.9 Å². The van der Waals surface area contributed by atoms with Crippen molar-refractivity contribution in [2.45, 2.75) is 52.3 Å². The Bertz CT molecular complexity index is 1430. The van der Waals surface area contributed by atoms with Gasteiger partial charge < -0.3 is 18.6 Å². The van der Waals surface area contributed by atoms with Crippen LogP contribution in [0.3, 0.4) is 0 Å². The third kappa shape index (κ3) is 4.75. The predicted molar refractivity (Wildman–Crippen MR) is 128 cm³/mol. The minimum atomic E-state index is -2.94. The minimum absolute atomic E-state index is 0.138. The van der Waals surface area contributed by atoms with Gasteiger partial charge in [0.15, 0.2) is 0 Å². The van der Waals surface area contributed by atoms with Crippen LogP contribution in [0.2, 0.25) is 0 Å². The molecule has 0 bridgehead atoms. The standard InChI is InChI=1S/C25H27F4N5O3/c1-13(11-36-24(26)27)34-21(10-33-6-5-25(28,29)12-33)31-19-9-30-18-7-17(22-14(2)32-37-15(22)3)20(35-4)8-16(18)23(19)34/h7-9,13,24H,5-6,10-12H2,1-4H3/t13-/m1/s1. The van der Waals surface area contributed by atoms with E-state index in [4.69, 9.17) is 9.26 Å². The Morgan fingerprint density at radius 1 is 1.19 bits per heavy atom. The summed E-state index contributed by atoms with van der Waals surface area (Å²) in [6.45, 7) is 2.12. The fraction of sp³-hybridized carbons (Fsp3) is 0.480. The van der Waals surface area contributed by atoms with Crippen LogP contribution < -0.4 is 4.74 Å². The van der Waals surface area contributed by atoms with Gasteiger partial charge in [0.2, 0.25) is 0 Å². The van der Waals surface area contributed by atoms with Gasteiger partial charge in [-0.25, -0.2) is 13.8 Å². The largest absolute Gasteiger partial charge is 0.496 e. The van der Waals surface area contributed by atoms with Gasteiger partial charge in [-0.2, -0.15) is 8.78 Å². The molecule has 1 aliphatic heterocycles. The maximum Gasteiger partial charge on any atom is 0.345 e. The number of halogens is 4. The van der Waals surface area contributed by atoms with Crippen molar-refractivity contribution in [3.05, 3.63) is 35.6 Å². The van der Waals surface area contributed by atoms with E-state index in [9.17, 15) is 17.6 Å². The molecule has 0 unspecified atom stereocenters. The van der Waals surface area contributed by atoms with Crippen LogP contribution in [-0.4, -0.2) is 63.9 Å². The van der Waals surface area contributed by atoms with Gasteiger partial charge in [-0.3, -0.25) is 9.88 Å². The molecular formula is C25H27F4N5O3. The van der Waals surface area contributed by atoms with Crippen LogP contribution in [0, 0.1) is 13.8 Å². The highest BCUT2D eigenvalue weighted by molar-refractivity contribution is 6.05. The van der Waals surface area contributed by atoms with Gasteiger partial charge in [-0.1, -0.05) is 5.16 Å². The van der Waals surface area contributed by atoms with E-state index in [1.165, 1.54) is 0 Å². The molecule has 0 saturated carbocycles. The lowest BCUT2D eigenvalue weighted by atomic mass is 10.0. The highest BCUT2D eigenvalue weighted by atomic mass is 19.3. The summed E-state index contributed by atoms with van der Waals surface area (Å²) in [5.41, 5.74) is 4.01. The van der Waals surface area contributed by atoms with Crippen molar-refractivity contribution in [3.63, 3.8) is 0 Å². The second-order valence-electron chi connectivity index (χ2n) is 9.42. The Morgan fingerprint density at radius 2 is 1.97 bits per heavy atom. The van der Waals surface area contributed by atoms with Crippen LogP contribution in [0.5, 0.6) is 5.75 Å². The SMILES string of the molecule is COc1cc2c(cc1-c1c(C)noc1C)ncc1nc(CN3CCC(F)(F)C3)n([C@H](C)COC(F)F)c12. The number of benzene rings is 1. The van der Waals surface area contributed by atoms with E-state index >= 15 is 0 Å². The summed E-state index contributed by atoms with van der Waals surface area (Å²) in [6.07, 6.45) is 1.37. The first-order valence-electron chi connectivity index (χ1n) is 11.9. The number of alkyl halides is 4. The number of ether oxygens (including phenoxy) is 2. The lowest BCUT2D eigenvalue weighted by Crippen LogP contribution is -2.27. The minimum Gasteiger partial charge on any atom is -0.496 e. The number of rotatable bonds is 8. The predicted octanol–water partition coefficient (Wildman–Crippen LogP) is 5.51. The molecule has 4 heterocycles. The molecule has 0 amide bonds. The molecule has 5 rings (SSSR count). The van der Waals surface area contributed by atoms with E-state index in [-0.39, 0.29) is 32.7 Å². The first kappa shape index (κ1) is 25.4. The van der Waals surface area contributed by atoms with Gasteiger partial charge in [-0.05, 0) is 32.9 Å². The van der Waals surface area contributed by atoms with Crippen molar-refractivity contribution >= 4 is 21.9 Å². The smallest absolute Gasteiger partial charge is 0.345 e. The van der Waals surface area contributed by atoms with E-state index in [0.717, 1.165) is 11.1 Å². The van der Waals surface area contributed by atoms with E-state index in [1.54, 1.807) is 29.7 Å². The monoisotopic (exact) mass is 521 g/mol. The zero-order valence-corrected chi connectivity index (χ0v) is 20.9. The van der Waals surface area contributed by atoms with Crippen molar-refractivity contribution in [1.82, 2.24) is 24.6 Å². The van der Waals surface area contributed by atoms with Gasteiger partial charge in [0.05, 0.1) is 61.3 Å². The second-order valence-corrected chi connectivity index (χ2v) is 9.42. The average Bonchev–Trinajstić information content (AvgIpc) is 3.50. The number of aryl methyl sites for hydroxylation is 2. The van der Waals surface area contributed by atoms with Gasteiger partial charge >= 0.3 is 6.61 Å². The van der Waals surface area contributed by atoms with Crippen LogP contribution in [0.25, 0.3) is 33.1 Å². The van der Waals surface area contributed by atoms with Crippen LogP contribution >= 0.6 is 0 Å². The zero-order valence-electron chi connectivity index (χ0n) is 20.9. The molecule has 1 fully saturated rings. The van der Waals surface area contributed by atoms with Crippen molar-refractivity contribution in [3.8, 4) is 16.9 Å². The topological polar surface area (TPSA) is 78.4 Å². The number of pyridine rings is 1. The van der Waals surface area contributed by atoms with Gasteiger partial charge in [0, 0.05) is 23.9 Å². The van der Waals surface area contributed by atoms with Crippen molar-refractivity contribution < 1.29 is 31.6 Å². The van der Waals surface area contributed by atoms with Crippen LogP contribution in [0.4, 0.5) is 17.6 Å². The van der Waals surface area contributed by atoms with E-state index in [1.807, 2.05) is 26.0 Å². The number of hydrogen-bond acceptors (Lipinski definition) is 7. The number of methoxy groups -OCH3 is 1. The number of likely N-dealkylation sites (tertiary alicyclic amines) is 1. The Kier molecular flexibility index (Phi) is 6.57. The molecule has 1 atom stereocenters. The summed E-state index contributed by atoms with van der Waals surface area (Å²) in [6, 6.07) is 3.12. The maximum atomic E-state index is 13.9. The molecule has 37 heavy (non-hydrogen) atoms. The summed E-state index contributed by atoms with van der Waals surface area (Å²) in [5, 5.41) is 4.71. The van der Waals surface area contributed by atoms with E-state index in [2.05, 4.69) is 19.9 Å². The van der Waals surface area contributed by atoms with E-state index in [0.29, 0.717) is 45.0 Å². The van der Waals surface area contributed by atoms with Gasteiger partial charge in [0.25, 0.3) is 5.92 Å². The molecule has 0 aliphatic carbocycles. The normalized spacial score (nSPS) is 16.9. The Labute approximate surface area is 210 Å².